The number of hydrogen-bond donors (Lipinski definition) is 2. The van der Waals surface area contributed by atoms with E-state index in [2.05, 4.69) is 27.2 Å². The molecule has 0 spiro atoms. The summed E-state index contributed by atoms with van der Waals surface area (Å²) in [4.78, 5) is 13.7. The van der Waals surface area contributed by atoms with E-state index >= 15 is 0 Å². The molecule has 0 aromatic heterocycles. The summed E-state index contributed by atoms with van der Waals surface area (Å²) in [6.07, 6.45) is 5.21. The highest BCUT2D eigenvalue weighted by Gasteiger charge is 2.09. The molecule has 148 valence electrons. The van der Waals surface area contributed by atoms with Gasteiger partial charge in [0.15, 0.2) is 0 Å². The second-order valence-electron chi connectivity index (χ2n) is 6.31. The third-order valence-corrected chi connectivity index (χ3v) is 4.37. The number of esters is 1. The molecule has 0 saturated heterocycles. The van der Waals surface area contributed by atoms with E-state index in [4.69, 9.17) is 16.4 Å². The molecule has 7 nitrogen and oxygen atoms in total. The average Bonchev–Trinajstić information content (AvgIpc) is 2.72. The van der Waals surface area contributed by atoms with E-state index in [1.54, 1.807) is 12.4 Å². The fraction of sp³-hybridized carbons (Fsp3) is 0.286. The Hall–Kier alpha value is -3.35. The maximum atomic E-state index is 11.4. The Labute approximate surface area is 165 Å². The Morgan fingerprint density at radius 3 is 2.43 bits per heavy atom. The van der Waals surface area contributed by atoms with Gasteiger partial charge < -0.3 is 21.3 Å². The van der Waals surface area contributed by atoms with E-state index in [0.717, 1.165) is 36.3 Å². The van der Waals surface area contributed by atoms with Crippen molar-refractivity contribution in [3.05, 3.63) is 65.2 Å². The number of rotatable bonds is 10. The smallest absolute Gasteiger partial charge is 0.305 e. The summed E-state index contributed by atoms with van der Waals surface area (Å²) in [5.41, 5.74) is 4.18. The normalized spacial score (nSPS) is 11.2. The molecule has 0 atom stereocenters. The fourth-order valence-corrected chi connectivity index (χ4v) is 2.89. The molecule has 0 aliphatic carbocycles. The van der Waals surface area contributed by atoms with Crippen LogP contribution in [0.25, 0.3) is 0 Å². The third-order valence-electron chi connectivity index (χ3n) is 4.37. The molecule has 0 radical (unpaired) electrons. The number of hydrazone groups is 2. The molecule has 28 heavy (non-hydrogen) atoms. The maximum Gasteiger partial charge on any atom is 0.305 e. The first-order valence-electron chi connectivity index (χ1n) is 9.13. The van der Waals surface area contributed by atoms with Gasteiger partial charge in [0.1, 0.15) is 0 Å². The zero-order valence-electron chi connectivity index (χ0n) is 16.1. The predicted octanol–water partition coefficient (Wildman–Crippen LogP) is 2.27. The number of methoxy groups -OCH3 is 1. The van der Waals surface area contributed by atoms with Crippen molar-refractivity contribution in [1.29, 1.82) is 0 Å². The van der Waals surface area contributed by atoms with E-state index in [1.165, 1.54) is 12.7 Å². The number of nitrogens with two attached hydrogens (primary N) is 2. The van der Waals surface area contributed by atoms with E-state index in [-0.39, 0.29) is 5.97 Å². The largest absolute Gasteiger partial charge is 0.469 e. The molecule has 0 unspecified atom stereocenters. The lowest BCUT2D eigenvalue weighted by Crippen LogP contribution is -2.27. The molecular weight excluding hydrogens is 354 g/mol. The maximum absolute atomic E-state index is 11.4. The average molecular weight is 381 g/mol. The Balaban J connectivity index is 2.08. The van der Waals surface area contributed by atoms with Crippen LogP contribution in [0.15, 0.2) is 58.7 Å². The first-order valence-corrected chi connectivity index (χ1v) is 9.13. The van der Waals surface area contributed by atoms with Crippen molar-refractivity contribution in [1.82, 2.24) is 0 Å². The minimum Gasteiger partial charge on any atom is -0.469 e. The summed E-state index contributed by atoms with van der Waals surface area (Å²) in [6, 6.07) is 16.1. The quantitative estimate of drug-likeness (QED) is 0.284. The lowest BCUT2D eigenvalue weighted by molar-refractivity contribution is -0.140. The van der Waals surface area contributed by atoms with Crippen LogP contribution in [0.2, 0.25) is 0 Å². The van der Waals surface area contributed by atoms with Gasteiger partial charge in [-0.05, 0) is 41.7 Å². The zero-order chi connectivity index (χ0) is 20.2. The highest BCUT2D eigenvalue weighted by atomic mass is 16.5. The first kappa shape index (κ1) is 21.0. The summed E-state index contributed by atoms with van der Waals surface area (Å²) in [7, 11) is 1.41. The van der Waals surface area contributed by atoms with Crippen molar-refractivity contribution in [2.45, 2.75) is 19.3 Å². The standard InChI is InChI=1S/C21H27N5O2/c1-28-21(27)6-3-12-26(20-5-2-4-19(14-20)16-25-23)13-11-17-7-9-18(10-8-17)15-24-22/h2,4-5,7-10,14-16H,3,6,11-13,22-23H2,1H3. The summed E-state index contributed by atoms with van der Waals surface area (Å²) in [5.74, 6) is 10.3. The number of carbonyl (C=O) groups excluding carboxylic acids is 1. The summed E-state index contributed by atoms with van der Waals surface area (Å²) in [5, 5.41) is 7.13. The molecule has 0 amide bonds. The molecule has 0 aliphatic rings. The number of hydrogen-bond acceptors (Lipinski definition) is 7. The Morgan fingerprint density at radius 2 is 1.75 bits per heavy atom. The molecule has 0 heterocycles. The summed E-state index contributed by atoms with van der Waals surface area (Å²) < 4.78 is 4.74. The minimum atomic E-state index is -0.193. The number of carbonyl (C=O) groups is 1. The van der Waals surface area contributed by atoms with Gasteiger partial charge in [0.05, 0.1) is 19.5 Å². The molecule has 0 fully saturated rings. The molecular formula is C21H27N5O2. The van der Waals surface area contributed by atoms with E-state index in [1.807, 2.05) is 36.4 Å². The van der Waals surface area contributed by atoms with Crippen LogP contribution in [0, 0.1) is 0 Å². The van der Waals surface area contributed by atoms with Gasteiger partial charge in [-0.15, -0.1) is 0 Å². The fourth-order valence-electron chi connectivity index (χ4n) is 2.89. The SMILES string of the molecule is COC(=O)CCCN(CCc1ccc(C=NN)cc1)c1cccc(C=NN)c1. The molecule has 4 N–H and O–H groups in total. The van der Waals surface area contributed by atoms with Crippen molar-refractivity contribution in [2.24, 2.45) is 21.9 Å². The summed E-state index contributed by atoms with van der Waals surface area (Å²) >= 11 is 0. The van der Waals surface area contributed by atoms with Crippen LogP contribution in [0.4, 0.5) is 5.69 Å². The topological polar surface area (TPSA) is 106 Å². The van der Waals surface area contributed by atoms with Crippen LogP contribution in [0.5, 0.6) is 0 Å². The molecule has 2 aromatic carbocycles. The van der Waals surface area contributed by atoms with Crippen molar-refractivity contribution < 1.29 is 9.53 Å². The summed E-state index contributed by atoms with van der Waals surface area (Å²) in [6.45, 7) is 1.56. The lowest BCUT2D eigenvalue weighted by atomic mass is 10.1. The van der Waals surface area contributed by atoms with Crippen LogP contribution in [0.1, 0.15) is 29.5 Å². The van der Waals surface area contributed by atoms with Crippen LogP contribution in [0.3, 0.4) is 0 Å². The predicted molar refractivity (Wildman–Crippen MR) is 114 cm³/mol. The molecule has 7 heteroatoms. The number of anilines is 1. The van der Waals surface area contributed by atoms with Crippen molar-refractivity contribution in [3.8, 4) is 0 Å². The lowest BCUT2D eigenvalue weighted by Gasteiger charge is -2.25. The van der Waals surface area contributed by atoms with Crippen LogP contribution in [-0.2, 0) is 16.0 Å². The third kappa shape index (κ3) is 6.75. The van der Waals surface area contributed by atoms with Crippen molar-refractivity contribution in [2.75, 3.05) is 25.1 Å². The number of ether oxygens (including phenoxy) is 1. The second kappa shape index (κ2) is 11.4. The second-order valence-corrected chi connectivity index (χ2v) is 6.31. The van der Waals surface area contributed by atoms with Crippen molar-refractivity contribution >= 4 is 24.1 Å². The first-order chi connectivity index (χ1) is 13.7. The van der Waals surface area contributed by atoms with Gasteiger partial charge in [0.2, 0.25) is 0 Å². The van der Waals surface area contributed by atoms with E-state index in [9.17, 15) is 4.79 Å². The van der Waals surface area contributed by atoms with Crippen molar-refractivity contribution in [3.63, 3.8) is 0 Å². The minimum absolute atomic E-state index is 0.193. The molecule has 0 saturated carbocycles. The molecule has 2 aromatic rings. The zero-order valence-corrected chi connectivity index (χ0v) is 16.1. The van der Waals surface area contributed by atoms with Gasteiger partial charge in [-0.3, -0.25) is 4.79 Å². The van der Waals surface area contributed by atoms with E-state index < -0.39 is 0 Å². The van der Waals surface area contributed by atoms with E-state index in [0.29, 0.717) is 12.8 Å². The van der Waals surface area contributed by atoms with Crippen LogP contribution in [-0.4, -0.2) is 38.6 Å². The van der Waals surface area contributed by atoms with Gasteiger partial charge in [-0.2, -0.15) is 10.2 Å². The van der Waals surface area contributed by atoms with Crippen LogP contribution < -0.4 is 16.6 Å². The highest BCUT2D eigenvalue weighted by Crippen LogP contribution is 2.18. The van der Waals surface area contributed by atoms with Gasteiger partial charge in [-0.25, -0.2) is 0 Å². The van der Waals surface area contributed by atoms with Gasteiger partial charge in [0, 0.05) is 25.2 Å². The van der Waals surface area contributed by atoms with Crippen LogP contribution >= 0.6 is 0 Å². The number of nitrogens with zero attached hydrogens (tertiary/aromatic N) is 3. The van der Waals surface area contributed by atoms with Gasteiger partial charge >= 0.3 is 5.97 Å². The Bertz CT molecular complexity index is 803. The molecule has 2 rings (SSSR count). The molecule has 0 aliphatic heterocycles. The van der Waals surface area contributed by atoms with Gasteiger partial charge in [0.25, 0.3) is 0 Å². The Morgan fingerprint density at radius 1 is 1.04 bits per heavy atom. The Kier molecular flexibility index (Phi) is 8.52. The monoisotopic (exact) mass is 381 g/mol. The van der Waals surface area contributed by atoms with Gasteiger partial charge in [-0.1, -0.05) is 36.4 Å². The molecule has 0 bridgehead atoms. The highest BCUT2D eigenvalue weighted by molar-refractivity contribution is 5.81. The number of benzene rings is 2.